The highest BCUT2D eigenvalue weighted by Gasteiger charge is 2.33. The smallest absolute Gasteiger partial charge is 0.244 e. The molecular weight excluding hydrogens is 545 g/mol. The summed E-state index contributed by atoms with van der Waals surface area (Å²) in [6.45, 7) is 5.12. The molecular formula is C28H37Cl2N3O4S. The third-order valence-electron chi connectivity index (χ3n) is 7.04. The van der Waals surface area contributed by atoms with E-state index in [0.29, 0.717) is 27.7 Å². The maximum absolute atomic E-state index is 13.9. The van der Waals surface area contributed by atoms with Crippen LogP contribution in [0, 0.1) is 13.8 Å². The first kappa shape index (κ1) is 30.3. The van der Waals surface area contributed by atoms with Gasteiger partial charge >= 0.3 is 0 Å². The van der Waals surface area contributed by atoms with Gasteiger partial charge in [0, 0.05) is 12.6 Å². The first-order valence-corrected chi connectivity index (χ1v) is 15.6. The van der Waals surface area contributed by atoms with E-state index < -0.39 is 28.5 Å². The summed E-state index contributed by atoms with van der Waals surface area (Å²) < 4.78 is 27.0. The van der Waals surface area contributed by atoms with Crippen LogP contribution in [0.15, 0.2) is 36.4 Å². The fourth-order valence-corrected chi connectivity index (χ4v) is 6.36. The van der Waals surface area contributed by atoms with Crippen LogP contribution in [0.2, 0.25) is 10.0 Å². The van der Waals surface area contributed by atoms with E-state index in [0.717, 1.165) is 53.8 Å². The molecule has 0 aromatic heterocycles. The number of benzene rings is 2. The fourth-order valence-electron chi connectivity index (χ4n) is 5.07. The zero-order chi connectivity index (χ0) is 28.0. The van der Waals surface area contributed by atoms with Crippen LogP contribution in [0.25, 0.3) is 0 Å². The standard InChI is InChI=1S/C28H37Cl2N3O4S/c1-5-25(28(35)31-22-12-7-6-8-13-22)32(17-21-14-15-23(29)24(30)16-21)26(34)18-33(38(4,36)37)27-19(2)10-9-11-20(27)3/h9-11,14-16,22,25H,5-8,12-13,17-18H2,1-4H3,(H,31,35)/t25-/m1/s1. The van der Waals surface area contributed by atoms with Crippen LogP contribution < -0.4 is 9.62 Å². The lowest BCUT2D eigenvalue weighted by Crippen LogP contribution is -2.54. The van der Waals surface area contributed by atoms with Gasteiger partial charge in [-0.05, 0) is 61.9 Å². The number of amides is 2. The van der Waals surface area contributed by atoms with Crippen LogP contribution in [0.5, 0.6) is 0 Å². The molecule has 0 unspecified atom stereocenters. The second-order valence-corrected chi connectivity index (χ2v) is 12.8. The number of sulfonamides is 1. The van der Waals surface area contributed by atoms with Gasteiger partial charge in [0.25, 0.3) is 0 Å². The third kappa shape index (κ3) is 7.64. The summed E-state index contributed by atoms with van der Waals surface area (Å²) in [5.41, 5.74) is 2.63. The first-order valence-electron chi connectivity index (χ1n) is 13.0. The van der Waals surface area contributed by atoms with Crippen molar-refractivity contribution < 1.29 is 18.0 Å². The maximum atomic E-state index is 13.9. The molecule has 10 heteroatoms. The summed E-state index contributed by atoms with van der Waals surface area (Å²) in [6.07, 6.45) is 6.57. The minimum absolute atomic E-state index is 0.0781. The van der Waals surface area contributed by atoms with Gasteiger partial charge in [0.2, 0.25) is 21.8 Å². The Morgan fingerprint density at radius 2 is 1.66 bits per heavy atom. The van der Waals surface area contributed by atoms with E-state index in [9.17, 15) is 18.0 Å². The molecule has 1 aliphatic rings. The molecule has 1 atom stereocenters. The Morgan fingerprint density at radius 1 is 1.03 bits per heavy atom. The zero-order valence-corrected chi connectivity index (χ0v) is 24.8. The molecule has 0 spiro atoms. The summed E-state index contributed by atoms with van der Waals surface area (Å²) in [6, 6.07) is 9.82. The average Bonchev–Trinajstić information content (AvgIpc) is 2.85. The molecule has 0 aliphatic heterocycles. The van der Waals surface area contributed by atoms with Crippen LogP contribution in [-0.4, -0.2) is 50.0 Å². The van der Waals surface area contributed by atoms with E-state index in [2.05, 4.69) is 5.32 Å². The molecule has 0 radical (unpaired) electrons. The SMILES string of the molecule is CC[C@H](C(=O)NC1CCCCC1)N(Cc1ccc(Cl)c(Cl)c1)C(=O)CN(c1c(C)cccc1C)S(C)(=O)=O. The Balaban J connectivity index is 1.97. The number of aryl methyl sites for hydroxylation is 2. The average molecular weight is 583 g/mol. The number of hydrogen-bond donors (Lipinski definition) is 1. The Bertz CT molecular complexity index is 1240. The van der Waals surface area contributed by atoms with Crippen molar-refractivity contribution in [3.63, 3.8) is 0 Å². The molecule has 2 aromatic rings. The molecule has 3 rings (SSSR count). The predicted octanol–water partition coefficient (Wildman–Crippen LogP) is 5.63. The van der Waals surface area contributed by atoms with Crippen molar-refractivity contribution in [2.24, 2.45) is 0 Å². The number of anilines is 1. The number of halogens is 2. The minimum Gasteiger partial charge on any atom is -0.352 e. The molecule has 1 N–H and O–H groups in total. The van der Waals surface area contributed by atoms with Crippen molar-refractivity contribution in [3.8, 4) is 0 Å². The normalized spacial score (nSPS) is 15.1. The zero-order valence-electron chi connectivity index (χ0n) is 22.5. The molecule has 2 amide bonds. The summed E-state index contributed by atoms with van der Waals surface area (Å²) in [7, 11) is -3.81. The van der Waals surface area contributed by atoms with Gasteiger partial charge in [-0.3, -0.25) is 13.9 Å². The first-order chi connectivity index (χ1) is 17.9. The molecule has 1 saturated carbocycles. The highest BCUT2D eigenvalue weighted by molar-refractivity contribution is 7.92. The van der Waals surface area contributed by atoms with E-state index >= 15 is 0 Å². The van der Waals surface area contributed by atoms with Gasteiger partial charge in [-0.1, -0.05) is 73.7 Å². The Morgan fingerprint density at radius 3 is 2.21 bits per heavy atom. The van der Waals surface area contributed by atoms with E-state index in [1.165, 1.54) is 4.90 Å². The fraction of sp³-hybridized carbons (Fsp3) is 0.500. The van der Waals surface area contributed by atoms with Crippen LogP contribution >= 0.6 is 23.2 Å². The largest absolute Gasteiger partial charge is 0.352 e. The van der Waals surface area contributed by atoms with E-state index in [4.69, 9.17) is 23.2 Å². The molecule has 1 aliphatic carbocycles. The number of carbonyl (C=O) groups is 2. The van der Waals surface area contributed by atoms with Crippen LogP contribution in [0.4, 0.5) is 5.69 Å². The van der Waals surface area contributed by atoms with Crippen LogP contribution in [0.3, 0.4) is 0 Å². The molecule has 0 bridgehead atoms. The van der Waals surface area contributed by atoms with Crippen LogP contribution in [-0.2, 0) is 26.2 Å². The van der Waals surface area contributed by atoms with Crippen molar-refractivity contribution in [1.82, 2.24) is 10.2 Å². The quantitative estimate of drug-likeness (QED) is 0.393. The molecule has 38 heavy (non-hydrogen) atoms. The number of rotatable bonds is 10. The Kier molecular flexibility index (Phi) is 10.5. The van der Waals surface area contributed by atoms with Gasteiger partial charge < -0.3 is 10.2 Å². The number of nitrogens with one attached hydrogen (secondary N) is 1. The number of hydrogen-bond acceptors (Lipinski definition) is 4. The lowest BCUT2D eigenvalue weighted by atomic mass is 9.95. The molecule has 0 saturated heterocycles. The summed E-state index contributed by atoms with van der Waals surface area (Å²) in [5.74, 6) is -0.708. The van der Waals surface area contributed by atoms with E-state index in [-0.39, 0.29) is 18.5 Å². The summed E-state index contributed by atoms with van der Waals surface area (Å²) in [5, 5.41) is 3.85. The number of carbonyl (C=O) groups excluding carboxylic acids is 2. The number of nitrogens with zero attached hydrogens (tertiary/aromatic N) is 2. The second-order valence-electron chi connectivity index (χ2n) is 10.0. The monoisotopic (exact) mass is 581 g/mol. The molecule has 1 fully saturated rings. The van der Waals surface area contributed by atoms with Crippen molar-refractivity contribution in [3.05, 3.63) is 63.1 Å². The van der Waals surface area contributed by atoms with Gasteiger partial charge in [0.1, 0.15) is 12.6 Å². The van der Waals surface area contributed by atoms with Gasteiger partial charge in [-0.25, -0.2) is 8.42 Å². The van der Waals surface area contributed by atoms with Crippen LogP contribution in [0.1, 0.15) is 62.1 Å². The third-order valence-corrected chi connectivity index (χ3v) is 8.89. The lowest BCUT2D eigenvalue weighted by Gasteiger charge is -2.34. The van der Waals surface area contributed by atoms with Gasteiger partial charge in [-0.2, -0.15) is 0 Å². The minimum atomic E-state index is -3.81. The highest BCUT2D eigenvalue weighted by atomic mass is 35.5. The van der Waals surface area contributed by atoms with Crippen molar-refractivity contribution in [1.29, 1.82) is 0 Å². The predicted molar refractivity (Wildman–Crippen MR) is 154 cm³/mol. The molecule has 0 heterocycles. The van der Waals surface area contributed by atoms with E-state index in [1.807, 2.05) is 39.0 Å². The van der Waals surface area contributed by atoms with Gasteiger partial charge in [-0.15, -0.1) is 0 Å². The van der Waals surface area contributed by atoms with Crippen molar-refractivity contribution in [2.45, 2.75) is 77.9 Å². The maximum Gasteiger partial charge on any atom is 0.244 e. The summed E-state index contributed by atoms with van der Waals surface area (Å²) >= 11 is 12.3. The van der Waals surface area contributed by atoms with E-state index in [1.54, 1.807) is 18.2 Å². The van der Waals surface area contributed by atoms with Gasteiger partial charge in [0.15, 0.2) is 0 Å². The highest BCUT2D eigenvalue weighted by Crippen LogP contribution is 2.28. The molecule has 7 nitrogen and oxygen atoms in total. The molecule has 2 aromatic carbocycles. The van der Waals surface area contributed by atoms with Crippen molar-refractivity contribution in [2.75, 3.05) is 17.1 Å². The summed E-state index contributed by atoms with van der Waals surface area (Å²) in [4.78, 5) is 28.9. The second kappa shape index (κ2) is 13.2. The number of para-hydroxylation sites is 1. The Labute approximate surface area is 236 Å². The van der Waals surface area contributed by atoms with Gasteiger partial charge in [0.05, 0.1) is 22.0 Å². The Hall–Kier alpha value is -2.29. The molecule has 208 valence electrons. The topological polar surface area (TPSA) is 86.8 Å². The lowest BCUT2D eigenvalue weighted by molar-refractivity contribution is -0.140. The van der Waals surface area contributed by atoms with Crippen molar-refractivity contribution >= 4 is 50.7 Å².